The molecule has 8 nitrogen and oxygen atoms in total. The van der Waals surface area contributed by atoms with Gasteiger partial charge in [-0.2, -0.15) is 0 Å². The van der Waals surface area contributed by atoms with Crippen LogP contribution in [0.1, 0.15) is 20.7 Å². The quantitative estimate of drug-likeness (QED) is 0.556. The van der Waals surface area contributed by atoms with Gasteiger partial charge in [0.2, 0.25) is 0 Å². The molecule has 0 spiro atoms. The Labute approximate surface area is 140 Å². The number of hydrogen-bond acceptors (Lipinski definition) is 6. The van der Waals surface area contributed by atoms with Crippen LogP contribution in [0, 0.1) is 0 Å². The van der Waals surface area contributed by atoms with Gasteiger partial charge in [-0.05, 0) is 24.3 Å². The number of phenols is 2. The fourth-order valence-electron chi connectivity index (χ4n) is 1.37. The third-order valence-electron chi connectivity index (χ3n) is 2.39. The number of phenolic OH excluding ortho intramolecular Hbond substituents is 2. The van der Waals surface area contributed by atoms with Gasteiger partial charge in [-0.25, -0.2) is 9.59 Å². The molecule has 2 aromatic carbocycles. The Morgan fingerprint density at radius 3 is 1.26 bits per heavy atom. The number of rotatable bonds is 2. The third kappa shape index (κ3) is 5.77. The molecule has 0 bridgehead atoms. The predicted octanol–water partition coefficient (Wildman–Crippen LogP) is 0.325. The largest absolute Gasteiger partial charge is 2.00 e. The number of carboxylic acids is 2. The number of benzene rings is 2. The minimum atomic E-state index is -1.33. The van der Waals surface area contributed by atoms with Gasteiger partial charge < -0.3 is 30.6 Å². The Bertz CT molecular complexity index is 652. The van der Waals surface area contributed by atoms with Crippen LogP contribution in [0.15, 0.2) is 36.4 Å². The molecule has 0 aliphatic heterocycles. The van der Waals surface area contributed by atoms with Crippen LogP contribution >= 0.6 is 0 Å². The average molecular weight is 362 g/mol. The molecule has 2 rings (SSSR count). The first-order chi connectivity index (χ1) is 10.2. The van der Waals surface area contributed by atoms with Crippen LogP contribution in [0.25, 0.3) is 0 Å². The van der Waals surface area contributed by atoms with Gasteiger partial charge in [-0.3, -0.25) is 0 Å². The van der Waals surface area contributed by atoms with Gasteiger partial charge in [0.25, 0.3) is 0 Å². The summed E-state index contributed by atoms with van der Waals surface area (Å²) in [6.45, 7) is 0. The predicted molar refractivity (Wildman–Crippen MR) is 69.0 cm³/mol. The van der Waals surface area contributed by atoms with E-state index < -0.39 is 34.6 Å². The van der Waals surface area contributed by atoms with Crippen molar-refractivity contribution in [1.29, 1.82) is 0 Å². The van der Waals surface area contributed by atoms with E-state index in [1.54, 1.807) is 0 Å². The Kier molecular flexibility index (Phi) is 7.45. The molecule has 0 amide bonds. The van der Waals surface area contributed by atoms with Crippen LogP contribution < -0.4 is 10.2 Å². The van der Waals surface area contributed by atoms with Gasteiger partial charge >= 0.3 is 29.0 Å². The van der Waals surface area contributed by atoms with Gasteiger partial charge in [0.15, 0.2) is 0 Å². The van der Waals surface area contributed by atoms with E-state index in [4.69, 9.17) is 20.4 Å². The zero-order valence-corrected chi connectivity index (χ0v) is 12.3. The second-order valence-electron chi connectivity index (χ2n) is 3.97. The molecule has 0 aliphatic carbocycles. The summed E-state index contributed by atoms with van der Waals surface area (Å²) in [5.74, 6) is -4.30. The zero-order chi connectivity index (χ0) is 16.9. The van der Waals surface area contributed by atoms with Gasteiger partial charge in [-0.1, -0.05) is 23.6 Å². The maximum Gasteiger partial charge on any atom is 2.00 e. The van der Waals surface area contributed by atoms with E-state index in [1.165, 1.54) is 0 Å². The number of carboxylic acid groups (broad SMARTS) is 2. The van der Waals surface area contributed by atoms with E-state index in [0.29, 0.717) is 0 Å². The standard InChI is InChI=1S/2C7H6O4.Fe/c2*8-4-1-2-6(9)5(3-4)7(10)11;/h2*1-3,8-9H,(H,10,11);/q;;+2/p-2. The Balaban J connectivity index is 0.000000403. The monoisotopic (exact) mass is 362 g/mol. The summed E-state index contributed by atoms with van der Waals surface area (Å²) in [7, 11) is 0. The normalized spacial score (nSPS) is 9.04. The third-order valence-corrected chi connectivity index (χ3v) is 2.39. The molecule has 0 aromatic heterocycles. The summed E-state index contributed by atoms with van der Waals surface area (Å²) in [5.41, 5.74) is -0.824. The first-order valence-corrected chi connectivity index (χ1v) is 5.69. The molecular formula is C14H10FeO8. The van der Waals surface area contributed by atoms with E-state index in [9.17, 15) is 19.8 Å². The molecule has 9 heteroatoms. The number of hydrogen-bond donors (Lipinski definition) is 4. The zero-order valence-electron chi connectivity index (χ0n) is 11.2. The molecule has 4 N–H and O–H groups in total. The molecule has 0 unspecified atom stereocenters. The second-order valence-corrected chi connectivity index (χ2v) is 3.97. The maximum atomic E-state index is 10.7. The maximum absolute atomic E-state index is 10.7. The van der Waals surface area contributed by atoms with Crippen LogP contribution in [-0.2, 0) is 17.1 Å². The summed E-state index contributed by atoms with van der Waals surface area (Å²) < 4.78 is 0. The fraction of sp³-hybridized carbons (Fsp3) is 0. The van der Waals surface area contributed by atoms with Gasteiger partial charge in [-0.15, -0.1) is 0 Å². The van der Waals surface area contributed by atoms with Crippen LogP contribution in [-0.4, -0.2) is 32.4 Å². The summed E-state index contributed by atoms with van der Waals surface area (Å²) >= 11 is 0. The van der Waals surface area contributed by atoms with E-state index >= 15 is 0 Å². The first kappa shape index (κ1) is 20.1. The van der Waals surface area contributed by atoms with Crippen molar-refractivity contribution in [3.8, 4) is 23.0 Å². The molecule has 23 heavy (non-hydrogen) atoms. The summed E-state index contributed by atoms with van der Waals surface area (Å²) in [5, 5.41) is 55.8. The van der Waals surface area contributed by atoms with Crippen molar-refractivity contribution in [3.63, 3.8) is 0 Å². The van der Waals surface area contributed by atoms with Crippen molar-refractivity contribution < 1.29 is 57.3 Å². The number of aromatic carboxylic acids is 2. The summed E-state index contributed by atoms with van der Waals surface area (Å²) in [4.78, 5) is 20.5. The van der Waals surface area contributed by atoms with Gasteiger partial charge in [0.05, 0.1) is 11.1 Å². The molecule has 0 saturated heterocycles. The van der Waals surface area contributed by atoms with Gasteiger partial charge in [0.1, 0.15) is 11.5 Å². The molecule has 0 saturated carbocycles. The molecule has 2 aromatic rings. The number of carbonyl (C=O) groups is 2. The molecule has 0 atom stereocenters. The van der Waals surface area contributed by atoms with Crippen molar-refractivity contribution >= 4 is 11.9 Å². The first-order valence-electron chi connectivity index (χ1n) is 5.69. The van der Waals surface area contributed by atoms with Crippen molar-refractivity contribution in [1.82, 2.24) is 0 Å². The minimum Gasteiger partial charge on any atom is -0.872 e. The molecule has 0 fully saturated rings. The summed E-state index contributed by atoms with van der Waals surface area (Å²) in [6.07, 6.45) is 0. The van der Waals surface area contributed by atoms with Crippen LogP contribution in [0.3, 0.4) is 0 Å². The second kappa shape index (κ2) is 8.52. The minimum absolute atomic E-state index is 0. The van der Waals surface area contributed by atoms with Crippen molar-refractivity contribution in [3.05, 3.63) is 47.5 Å². The Morgan fingerprint density at radius 1 is 0.739 bits per heavy atom. The SMILES string of the molecule is O=C(O)c1cc(O)ccc1[O-].O=C(O)c1cc(O)ccc1[O-].[Fe+2]. The van der Waals surface area contributed by atoms with Crippen LogP contribution in [0.4, 0.5) is 0 Å². The molecular weight excluding hydrogens is 352 g/mol. The Morgan fingerprint density at radius 2 is 1.04 bits per heavy atom. The average Bonchev–Trinajstić information content (AvgIpc) is 2.44. The molecule has 0 aliphatic rings. The van der Waals surface area contributed by atoms with Crippen LogP contribution in [0.2, 0.25) is 0 Å². The summed E-state index contributed by atoms with van der Waals surface area (Å²) in [6, 6.07) is 6.16. The number of aromatic hydroxyl groups is 2. The van der Waals surface area contributed by atoms with Crippen molar-refractivity contribution in [2.24, 2.45) is 0 Å². The van der Waals surface area contributed by atoms with E-state index in [2.05, 4.69) is 0 Å². The topological polar surface area (TPSA) is 161 Å². The fourth-order valence-corrected chi connectivity index (χ4v) is 1.37. The van der Waals surface area contributed by atoms with E-state index in [0.717, 1.165) is 36.4 Å². The van der Waals surface area contributed by atoms with Crippen molar-refractivity contribution in [2.45, 2.75) is 0 Å². The molecule has 122 valence electrons. The van der Waals surface area contributed by atoms with E-state index in [-0.39, 0.29) is 28.6 Å². The van der Waals surface area contributed by atoms with E-state index in [1.807, 2.05) is 0 Å². The van der Waals surface area contributed by atoms with Gasteiger partial charge in [0, 0.05) is 0 Å². The van der Waals surface area contributed by atoms with Crippen molar-refractivity contribution in [2.75, 3.05) is 0 Å². The smallest absolute Gasteiger partial charge is 0.872 e. The molecule has 0 heterocycles. The molecule has 0 radical (unpaired) electrons. The van der Waals surface area contributed by atoms with Crippen LogP contribution in [0.5, 0.6) is 23.0 Å². The Hall–Kier alpha value is -2.90.